The van der Waals surface area contributed by atoms with Gasteiger partial charge in [-0.1, -0.05) is 57.5 Å². The molecule has 4 nitrogen and oxygen atoms in total. The summed E-state index contributed by atoms with van der Waals surface area (Å²) >= 11 is 0. The second kappa shape index (κ2) is 7.45. The number of amides is 1. The number of rotatable bonds is 5. The molecule has 2 rings (SSSR count). The second-order valence-electron chi connectivity index (χ2n) is 7.30. The van der Waals surface area contributed by atoms with E-state index in [-0.39, 0.29) is 24.3 Å². The molecule has 1 aromatic rings. The van der Waals surface area contributed by atoms with Crippen LogP contribution in [0.4, 0.5) is 0 Å². The summed E-state index contributed by atoms with van der Waals surface area (Å²) in [5.74, 6) is 0.197. The van der Waals surface area contributed by atoms with E-state index in [1.807, 2.05) is 30.3 Å². The van der Waals surface area contributed by atoms with Crippen LogP contribution in [-0.2, 0) is 4.79 Å². The summed E-state index contributed by atoms with van der Waals surface area (Å²) in [6, 6.07) is 9.24. The van der Waals surface area contributed by atoms with Gasteiger partial charge in [-0.3, -0.25) is 4.79 Å². The Labute approximate surface area is 138 Å². The highest BCUT2D eigenvalue weighted by molar-refractivity contribution is 5.85. The first-order valence-electron chi connectivity index (χ1n) is 8.58. The van der Waals surface area contributed by atoms with Crippen LogP contribution >= 0.6 is 0 Å². The monoisotopic (exact) mass is 319 g/mol. The van der Waals surface area contributed by atoms with Crippen molar-refractivity contribution in [1.82, 2.24) is 5.32 Å². The fourth-order valence-electron chi connectivity index (χ4n) is 3.77. The Morgan fingerprint density at radius 2 is 1.96 bits per heavy atom. The Hall–Kier alpha value is -1.39. The quantitative estimate of drug-likeness (QED) is 0.781. The van der Waals surface area contributed by atoms with E-state index in [0.29, 0.717) is 12.3 Å². The highest BCUT2D eigenvalue weighted by Crippen LogP contribution is 2.41. The van der Waals surface area contributed by atoms with Crippen LogP contribution in [0.1, 0.15) is 51.7 Å². The number of carbonyl (C=O) groups excluding carboxylic acids is 1. The molecule has 0 bridgehead atoms. The molecule has 4 atom stereocenters. The highest BCUT2D eigenvalue weighted by Gasteiger charge is 2.48. The molecule has 0 radical (unpaired) electrons. The van der Waals surface area contributed by atoms with Crippen LogP contribution in [0.5, 0.6) is 0 Å². The number of benzene rings is 1. The summed E-state index contributed by atoms with van der Waals surface area (Å²) < 4.78 is 0. The molecule has 0 heterocycles. The molecular formula is C19H29NO3. The van der Waals surface area contributed by atoms with Crippen LogP contribution in [0.3, 0.4) is 0 Å². The van der Waals surface area contributed by atoms with Crippen molar-refractivity contribution in [3.8, 4) is 0 Å². The van der Waals surface area contributed by atoms with Crippen LogP contribution in [0.15, 0.2) is 30.3 Å². The Morgan fingerprint density at radius 3 is 2.57 bits per heavy atom. The van der Waals surface area contributed by atoms with Gasteiger partial charge in [0.15, 0.2) is 0 Å². The van der Waals surface area contributed by atoms with Crippen LogP contribution in [0, 0.1) is 17.8 Å². The van der Waals surface area contributed by atoms with E-state index in [1.165, 1.54) is 0 Å². The molecule has 3 N–H and O–H groups in total. The molecule has 1 aromatic carbocycles. The first-order valence-corrected chi connectivity index (χ1v) is 8.58. The van der Waals surface area contributed by atoms with Crippen LogP contribution < -0.4 is 5.32 Å². The lowest BCUT2D eigenvalue weighted by Crippen LogP contribution is -2.56. The topological polar surface area (TPSA) is 69.6 Å². The van der Waals surface area contributed by atoms with E-state index in [2.05, 4.69) is 26.1 Å². The molecular weight excluding hydrogens is 290 g/mol. The van der Waals surface area contributed by atoms with E-state index < -0.39 is 11.7 Å². The predicted octanol–water partition coefficient (Wildman–Crippen LogP) is 2.66. The number of hydrogen-bond acceptors (Lipinski definition) is 3. The van der Waals surface area contributed by atoms with Crippen molar-refractivity contribution in [1.29, 1.82) is 0 Å². The lowest BCUT2D eigenvalue weighted by Gasteiger charge is -2.43. The maximum absolute atomic E-state index is 12.6. The largest absolute Gasteiger partial charge is 0.387 e. The minimum Gasteiger partial charge on any atom is -0.387 e. The molecule has 1 aliphatic carbocycles. The third-order valence-electron chi connectivity index (χ3n) is 5.08. The highest BCUT2D eigenvalue weighted by atomic mass is 16.3. The number of nitrogens with one attached hydrogen (secondary N) is 1. The molecule has 1 fully saturated rings. The fraction of sp³-hybridized carbons (Fsp3) is 0.632. The van der Waals surface area contributed by atoms with E-state index in [0.717, 1.165) is 18.4 Å². The van der Waals surface area contributed by atoms with Gasteiger partial charge in [-0.2, -0.15) is 0 Å². The lowest BCUT2D eigenvalue weighted by atomic mass is 9.66. The number of carbonyl (C=O) groups is 1. The smallest absolute Gasteiger partial charge is 0.252 e. The summed E-state index contributed by atoms with van der Waals surface area (Å²) in [6.07, 6.45) is 1.64. The van der Waals surface area contributed by atoms with Crippen molar-refractivity contribution in [3.05, 3.63) is 35.9 Å². The molecule has 4 heteroatoms. The molecule has 0 saturated heterocycles. The Kier molecular flexibility index (Phi) is 5.82. The van der Waals surface area contributed by atoms with Crippen molar-refractivity contribution < 1.29 is 15.0 Å². The van der Waals surface area contributed by atoms with E-state index in [1.54, 1.807) is 0 Å². The molecule has 128 valence electrons. The van der Waals surface area contributed by atoms with Crippen molar-refractivity contribution in [2.45, 2.75) is 51.7 Å². The number of aliphatic hydroxyl groups excluding tert-OH is 1. The third-order valence-corrected chi connectivity index (χ3v) is 5.08. The van der Waals surface area contributed by atoms with Gasteiger partial charge < -0.3 is 15.5 Å². The molecule has 1 saturated carbocycles. The molecule has 0 spiro atoms. The average Bonchev–Trinajstić information content (AvgIpc) is 2.52. The number of hydrogen-bond donors (Lipinski definition) is 3. The summed E-state index contributed by atoms with van der Waals surface area (Å²) in [5.41, 5.74) is -0.570. The van der Waals surface area contributed by atoms with Gasteiger partial charge in [-0.05, 0) is 36.2 Å². The first-order chi connectivity index (χ1) is 10.8. The SMILES string of the molecule is CC1CCC(C(C)C)C(O)(C(=O)NC[C@@H](O)c2ccccc2)C1. The van der Waals surface area contributed by atoms with Crippen molar-refractivity contribution in [2.75, 3.05) is 6.54 Å². The number of aliphatic hydroxyl groups is 2. The Morgan fingerprint density at radius 1 is 1.30 bits per heavy atom. The van der Waals surface area contributed by atoms with Gasteiger partial charge in [0.25, 0.3) is 5.91 Å². The van der Waals surface area contributed by atoms with Crippen molar-refractivity contribution in [2.24, 2.45) is 17.8 Å². The summed E-state index contributed by atoms with van der Waals surface area (Å²) in [4.78, 5) is 12.6. The zero-order chi connectivity index (χ0) is 17.0. The van der Waals surface area contributed by atoms with E-state index in [4.69, 9.17) is 0 Å². The maximum Gasteiger partial charge on any atom is 0.252 e. The first kappa shape index (κ1) is 18.0. The molecule has 23 heavy (non-hydrogen) atoms. The van der Waals surface area contributed by atoms with Gasteiger partial charge in [0, 0.05) is 6.54 Å². The summed E-state index contributed by atoms with van der Waals surface area (Å²) in [5, 5.41) is 24.0. The zero-order valence-electron chi connectivity index (χ0n) is 14.3. The van der Waals surface area contributed by atoms with Gasteiger partial charge in [-0.15, -0.1) is 0 Å². The minimum absolute atomic E-state index is 0.0347. The molecule has 1 aliphatic rings. The van der Waals surface area contributed by atoms with E-state index >= 15 is 0 Å². The predicted molar refractivity (Wildman–Crippen MR) is 90.7 cm³/mol. The van der Waals surface area contributed by atoms with E-state index in [9.17, 15) is 15.0 Å². The normalized spacial score (nSPS) is 29.3. The van der Waals surface area contributed by atoms with Crippen LogP contribution in [-0.4, -0.2) is 28.3 Å². The molecule has 0 aliphatic heterocycles. The van der Waals surface area contributed by atoms with Crippen molar-refractivity contribution >= 4 is 5.91 Å². The van der Waals surface area contributed by atoms with Gasteiger partial charge in [0.2, 0.25) is 0 Å². The molecule has 0 aromatic heterocycles. The second-order valence-corrected chi connectivity index (χ2v) is 7.30. The standard InChI is InChI=1S/C19H29NO3/c1-13(2)16-10-9-14(3)11-19(16,23)18(22)20-12-17(21)15-7-5-4-6-8-15/h4-8,13-14,16-17,21,23H,9-12H2,1-3H3,(H,20,22)/t14?,16?,17-,19?/m1/s1. The van der Waals surface area contributed by atoms with Crippen LogP contribution in [0.2, 0.25) is 0 Å². The third kappa shape index (κ3) is 4.12. The Balaban J connectivity index is 2.02. The van der Waals surface area contributed by atoms with Gasteiger partial charge in [0.05, 0.1) is 6.10 Å². The minimum atomic E-state index is -1.33. The lowest BCUT2D eigenvalue weighted by molar-refractivity contribution is -0.156. The fourth-order valence-corrected chi connectivity index (χ4v) is 3.77. The van der Waals surface area contributed by atoms with Gasteiger partial charge in [-0.25, -0.2) is 0 Å². The zero-order valence-corrected chi connectivity index (χ0v) is 14.3. The average molecular weight is 319 g/mol. The van der Waals surface area contributed by atoms with Crippen LogP contribution in [0.25, 0.3) is 0 Å². The maximum atomic E-state index is 12.6. The molecule has 1 amide bonds. The van der Waals surface area contributed by atoms with Crippen molar-refractivity contribution in [3.63, 3.8) is 0 Å². The van der Waals surface area contributed by atoms with Gasteiger partial charge >= 0.3 is 0 Å². The Bertz CT molecular complexity index is 517. The summed E-state index contributed by atoms with van der Waals surface area (Å²) in [7, 11) is 0. The molecule has 3 unspecified atom stereocenters. The van der Waals surface area contributed by atoms with Gasteiger partial charge in [0.1, 0.15) is 5.60 Å². The summed E-state index contributed by atoms with van der Waals surface area (Å²) in [6.45, 7) is 6.30.